The van der Waals surface area contributed by atoms with Gasteiger partial charge in [0.05, 0.1) is 13.2 Å². The number of ether oxygens (including phenoxy) is 1. The zero-order valence-corrected chi connectivity index (χ0v) is 11.9. The molecule has 2 fully saturated rings. The van der Waals surface area contributed by atoms with Gasteiger partial charge >= 0.3 is 0 Å². The molecule has 3 rings (SSSR count). The van der Waals surface area contributed by atoms with Crippen LogP contribution in [0.1, 0.15) is 29.8 Å². The summed E-state index contributed by atoms with van der Waals surface area (Å²) in [5, 5.41) is 0. The van der Waals surface area contributed by atoms with Gasteiger partial charge < -0.3 is 14.6 Å². The van der Waals surface area contributed by atoms with Crippen molar-refractivity contribution in [2.24, 2.45) is 0 Å². The first-order valence-electron chi connectivity index (χ1n) is 7.59. The van der Waals surface area contributed by atoms with E-state index in [1.807, 2.05) is 18.3 Å². The summed E-state index contributed by atoms with van der Waals surface area (Å²) in [7, 11) is 0. The van der Waals surface area contributed by atoms with Gasteiger partial charge in [0.1, 0.15) is 5.69 Å². The van der Waals surface area contributed by atoms with Gasteiger partial charge in [0, 0.05) is 38.4 Å². The van der Waals surface area contributed by atoms with Gasteiger partial charge in [-0.25, -0.2) is 0 Å². The Balaban J connectivity index is 1.65. The normalized spacial score (nSPS) is 24.8. The molecule has 1 N–H and O–H groups in total. The van der Waals surface area contributed by atoms with Gasteiger partial charge in [0.2, 0.25) is 0 Å². The Morgan fingerprint density at radius 3 is 2.90 bits per heavy atom. The van der Waals surface area contributed by atoms with E-state index < -0.39 is 0 Å². The van der Waals surface area contributed by atoms with Gasteiger partial charge in [0.15, 0.2) is 0 Å². The predicted octanol–water partition coefficient (Wildman–Crippen LogP) is 1.34. The topological polar surface area (TPSA) is 48.6 Å². The maximum absolute atomic E-state index is 12.6. The third kappa shape index (κ3) is 3.04. The highest BCUT2D eigenvalue weighted by Crippen LogP contribution is 2.20. The summed E-state index contributed by atoms with van der Waals surface area (Å²) in [4.78, 5) is 20.1. The van der Waals surface area contributed by atoms with Crippen LogP contribution in [0.5, 0.6) is 0 Å². The Bertz CT molecular complexity index is 426. The predicted molar refractivity (Wildman–Crippen MR) is 76.7 cm³/mol. The molecule has 0 spiro atoms. The van der Waals surface area contributed by atoms with Crippen LogP contribution in [0.3, 0.4) is 0 Å². The van der Waals surface area contributed by atoms with Crippen LogP contribution in [0.4, 0.5) is 0 Å². The van der Waals surface area contributed by atoms with Gasteiger partial charge in [-0.3, -0.25) is 9.69 Å². The zero-order valence-electron chi connectivity index (χ0n) is 11.9. The second-order valence-electron chi connectivity index (χ2n) is 5.64. The number of carbonyl (C=O) groups is 1. The number of rotatable bonds is 3. The fraction of sp³-hybridized carbons (Fsp3) is 0.667. The molecule has 2 aliphatic rings. The van der Waals surface area contributed by atoms with E-state index in [2.05, 4.69) is 14.8 Å². The molecule has 0 aromatic carbocycles. The summed E-state index contributed by atoms with van der Waals surface area (Å²) >= 11 is 0. The molecule has 5 nitrogen and oxygen atoms in total. The van der Waals surface area contributed by atoms with E-state index in [1.54, 1.807) is 0 Å². The van der Waals surface area contributed by atoms with Gasteiger partial charge in [-0.1, -0.05) is 0 Å². The minimum atomic E-state index is 0.146. The lowest BCUT2D eigenvalue weighted by Gasteiger charge is -2.39. The molecule has 110 valence electrons. The molecule has 0 radical (unpaired) electrons. The van der Waals surface area contributed by atoms with Crippen molar-refractivity contribution < 1.29 is 9.53 Å². The lowest BCUT2D eigenvalue weighted by atomic mass is 10.0. The Morgan fingerprint density at radius 2 is 2.15 bits per heavy atom. The molecule has 2 aliphatic heterocycles. The molecule has 0 bridgehead atoms. The standard InChI is InChI=1S/C15H23N3O2/c19-15(14-5-3-6-16-14)18-7-2-1-4-13(18)12-17-8-10-20-11-9-17/h3,5-6,13,16H,1-2,4,7-12H2. The fourth-order valence-electron chi connectivity index (χ4n) is 3.16. The van der Waals surface area contributed by atoms with Crippen LogP contribution in [0.25, 0.3) is 0 Å². The average Bonchev–Trinajstić information content (AvgIpc) is 3.02. The van der Waals surface area contributed by atoms with Gasteiger partial charge in [-0.2, -0.15) is 0 Å². The number of morpholine rings is 1. The lowest BCUT2D eigenvalue weighted by Crippen LogP contribution is -2.51. The minimum absolute atomic E-state index is 0.146. The summed E-state index contributed by atoms with van der Waals surface area (Å²) in [6.07, 6.45) is 5.27. The number of nitrogens with zero attached hydrogens (tertiary/aromatic N) is 2. The van der Waals surface area contributed by atoms with Gasteiger partial charge in [-0.05, 0) is 31.4 Å². The van der Waals surface area contributed by atoms with Crippen molar-refractivity contribution in [1.29, 1.82) is 0 Å². The molecule has 2 saturated heterocycles. The highest BCUT2D eigenvalue weighted by Gasteiger charge is 2.29. The Labute approximate surface area is 119 Å². The van der Waals surface area contributed by atoms with Crippen molar-refractivity contribution in [3.05, 3.63) is 24.0 Å². The fourth-order valence-corrected chi connectivity index (χ4v) is 3.16. The molecule has 3 heterocycles. The maximum atomic E-state index is 12.6. The van der Waals surface area contributed by atoms with Crippen molar-refractivity contribution in [3.8, 4) is 0 Å². The van der Waals surface area contributed by atoms with Gasteiger partial charge in [0.25, 0.3) is 5.91 Å². The largest absolute Gasteiger partial charge is 0.379 e. The number of likely N-dealkylation sites (tertiary alicyclic amines) is 1. The number of piperidine rings is 1. The number of nitrogens with one attached hydrogen (secondary N) is 1. The smallest absolute Gasteiger partial charge is 0.270 e. The summed E-state index contributed by atoms with van der Waals surface area (Å²) in [6.45, 7) is 5.47. The molecule has 5 heteroatoms. The molecule has 20 heavy (non-hydrogen) atoms. The highest BCUT2D eigenvalue weighted by atomic mass is 16.5. The second-order valence-corrected chi connectivity index (χ2v) is 5.64. The van der Waals surface area contributed by atoms with Crippen LogP contribution in [0.15, 0.2) is 18.3 Å². The Hall–Kier alpha value is -1.33. The third-order valence-corrected chi connectivity index (χ3v) is 4.29. The molecule has 0 saturated carbocycles. The zero-order chi connectivity index (χ0) is 13.8. The molecule has 1 unspecified atom stereocenters. The number of hydrogen-bond acceptors (Lipinski definition) is 3. The van der Waals surface area contributed by atoms with Crippen LogP contribution in [0.2, 0.25) is 0 Å². The number of H-pyrrole nitrogens is 1. The quantitative estimate of drug-likeness (QED) is 0.907. The molecule has 1 atom stereocenters. The van der Waals surface area contributed by atoms with E-state index in [-0.39, 0.29) is 5.91 Å². The summed E-state index contributed by atoms with van der Waals surface area (Å²) in [5.74, 6) is 0.146. The lowest BCUT2D eigenvalue weighted by molar-refractivity contribution is 0.0165. The number of amides is 1. The van der Waals surface area contributed by atoms with Crippen molar-refractivity contribution >= 4 is 5.91 Å². The van der Waals surface area contributed by atoms with Crippen LogP contribution < -0.4 is 0 Å². The molecular weight excluding hydrogens is 254 g/mol. The summed E-state index contributed by atoms with van der Waals surface area (Å²) in [5.41, 5.74) is 0.707. The first-order chi connectivity index (χ1) is 9.84. The average molecular weight is 277 g/mol. The number of aromatic nitrogens is 1. The van der Waals surface area contributed by atoms with Crippen LogP contribution >= 0.6 is 0 Å². The number of hydrogen-bond donors (Lipinski definition) is 1. The SMILES string of the molecule is O=C(c1ccc[nH]1)N1CCCCC1CN1CCOCC1. The van der Waals surface area contributed by atoms with E-state index in [4.69, 9.17) is 4.74 Å². The van der Waals surface area contributed by atoms with E-state index in [1.165, 1.54) is 6.42 Å². The van der Waals surface area contributed by atoms with Crippen molar-refractivity contribution in [1.82, 2.24) is 14.8 Å². The van der Waals surface area contributed by atoms with E-state index >= 15 is 0 Å². The number of carbonyl (C=O) groups excluding carboxylic acids is 1. The molecule has 0 aliphatic carbocycles. The maximum Gasteiger partial charge on any atom is 0.270 e. The van der Waals surface area contributed by atoms with Gasteiger partial charge in [-0.15, -0.1) is 0 Å². The molecular formula is C15H23N3O2. The first kappa shape index (κ1) is 13.6. The Morgan fingerprint density at radius 1 is 1.30 bits per heavy atom. The van der Waals surface area contributed by atoms with Crippen molar-refractivity contribution in [3.63, 3.8) is 0 Å². The van der Waals surface area contributed by atoms with Crippen LogP contribution in [-0.2, 0) is 4.74 Å². The minimum Gasteiger partial charge on any atom is -0.379 e. The summed E-state index contributed by atoms with van der Waals surface area (Å²) in [6, 6.07) is 4.09. The first-order valence-corrected chi connectivity index (χ1v) is 7.59. The van der Waals surface area contributed by atoms with Crippen molar-refractivity contribution in [2.45, 2.75) is 25.3 Å². The van der Waals surface area contributed by atoms with Crippen LogP contribution in [0, 0.1) is 0 Å². The monoisotopic (exact) mass is 277 g/mol. The molecule has 1 amide bonds. The van der Waals surface area contributed by atoms with E-state index in [0.717, 1.165) is 52.2 Å². The van der Waals surface area contributed by atoms with E-state index in [9.17, 15) is 4.79 Å². The third-order valence-electron chi connectivity index (χ3n) is 4.29. The number of aromatic amines is 1. The van der Waals surface area contributed by atoms with Crippen LogP contribution in [-0.4, -0.2) is 66.1 Å². The summed E-state index contributed by atoms with van der Waals surface area (Å²) < 4.78 is 5.39. The Kier molecular flexibility index (Phi) is 4.38. The second kappa shape index (κ2) is 6.41. The molecule has 1 aromatic heterocycles. The molecule has 1 aromatic rings. The van der Waals surface area contributed by atoms with E-state index in [0.29, 0.717) is 11.7 Å². The highest BCUT2D eigenvalue weighted by molar-refractivity contribution is 5.92. The van der Waals surface area contributed by atoms with Crippen molar-refractivity contribution in [2.75, 3.05) is 39.4 Å².